The van der Waals surface area contributed by atoms with Crippen LogP contribution < -0.4 is 4.74 Å². The number of nitrogens with zero attached hydrogens (tertiary/aromatic N) is 3. The highest BCUT2D eigenvalue weighted by molar-refractivity contribution is 6.03. The summed E-state index contributed by atoms with van der Waals surface area (Å²) in [5.41, 5.74) is 1.75. The summed E-state index contributed by atoms with van der Waals surface area (Å²) in [6.07, 6.45) is -0.859. The lowest BCUT2D eigenvalue weighted by Crippen LogP contribution is -2.53. The summed E-state index contributed by atoms with van der Waals surface area (Å²) in [7, 11) is 2.94. The van der Waals surface area contributed by atoms with Crippen molar-refractivity contribution in [3.8, 4) is 11.5 Å². The minimum Gasteiger partial charge on any atom is -0.454 e. The molecule has 1 saturated heterocycles. The zero-order chi connectivity index (χ0) is 19.5. The van der Waals surface area contributed by atoms with Gasteiger partial charge in [-0.25, -0.2) is 4.99 Å². The number of amidine groups is 1. The fourth-order valence-electron chi connectivity index (χ4n) is 3.50. The molecule has 0 N–H and O–H groups in total. The second-order valence-corrected chi connectivity index (χ2v) is 6.62. The van der Waals surface area contributed by atoms with Gasteiger partial charge >= 0.3 is 0 Å². The first-order chi connectivity index (χ1) is 13.7. The molecule has 2 aromatic carbocycles. The van der Waals surface area contributed by atoms with E-state index in [1.807, 2.05) is 48.5 Å². The number of rotatable bonds is 3. The normalized spacial score (nSPS) is 16.0. The molecule has 1 amide bonds. The van der Waals surface area contributed by atoms with Crippen LogP contribution in [0.1, 0.15) is 5.56 Å². The number of fused-ring (bicyclic) bond motifs is 2. The summed E-state index contributed by atoms with van der Waals surface area (Å²) in [4.78, 5) is 21.3. The van der Waals surface area contributed by atoms with Crippen LogP contribution in [0, 0.1) is 0 Å². The molecule has 7 heteroatoms. The molecular weight excluding hydrogens is 358 g/mol. The van der Waals surface area contributed by atoms with Crippen molar-refractivity contribution in [1.82, 2.24) is 9.80 Å². The van der Waals surface area contributed by atoms with Gasteiger partial charge in [0.05, 0.1) is 5.56 Å². The van der Waals surface area contributed by atoms with Crippen LogP contribution in [0.2, 0.25) is 0 Å². The monoisotopic (exact) mass is 381 g/mol. The summed E-state index contributed by atoms with van der Waals surface area (Å²) in [5.74, 6) is 2.23. The Labute approximate surface area is 164 Å². The van der Waals surface area contributed by atoms with Crippen LogP contribution in [0.15, 0.2) is 53.5 Å². The maximum Gasteiger partial charge on any atom is 0.279 e. The average molecular weight is 381 g/mol. The third-order valence-electron chi connectivity index (χ3n) is 4.96. The van der Waals surface area contributed by atoms with Crippen molar-refractivity contribution in [1.29, 1.82) is 0 Å². The van der Waals surface area contributed by atoms with E-state index in [9.17, 15) is 4.79 Å². The largest absolute Gasteiger partial charge is 0.454 e. The molecule has 1 fully saturated rings. The minimum atomic E-state index is -0.859. The first kappa shape index (κ1) is 18.5. The van der Waals surface area contributed by atoms with Crippen LogP contribution in [0.3, 0.4) is 0 Å². The number of carbonyl (C=O) groups excluding carboxylic acids is 1. The van der Waals surface area contributed by atoms with Crippen molar-refractivity contribution >= 4 is 17.4 Å². The molecule has 0 radical (unpaired) electrons. The quantitative estimate of drug-likeness (QED) is 0.765. The lowest BCUT2D eigenvalue weighted by Gasteiger charge is -2.37. The SMILES string of the molecule is COC(OC)C(=O)N1CCN(C2=Nc3ccccc3Oc3ccccc32)CC1. The number of amides is 1. The van der Waals surface area contributed by atoms with Crippen molar-refractivity contribution < 1.29 is 19.0 Å². The number of ether oxygens (including phenoxy) is 3. The van der Waals surface area contributed by atoms with E-state index >= 15 is 0 Å². The summed E-state index contributed by atoms with van der Waals surface area (Å²) >= 11 is 0. The molecule has 2 aromatic rings. The van der Waals surface area contributed by atoms with Crippen LogP contribution >= 0.6 is 0 Å². The maximum atomic E-state index is 12.5. The molecule has 0 aromatic heterocycles. The number of benzene rings is 2. The number of piperazine rings is 1. The molecular formula is C21H23N3O4. The van der Waals surface area contributed by atoms with Gasteiger partial charge in [-0.3, -0.25) is 4.79 Å². The molecule has 0 saturated carbocycles. The highest BCUT2D eigenvalue weighted by Gasteiger charge is 2.30. The van der Waals surface area contributed by atoms with Gasteiger partial charge in [-0.1, -0.05) is 24.3 Å². The van der Waals surface area contributed by atoms with Gasteiger partial charge in [0.1, 0.15) is 17.3 Å². The third-order valence-corrected chi connectivity index (χ3v) is 4.96. The molecule has 0 aliphatic carbocycles. The highest BCUT2D eigenvalue weighted by atomic mass is 16.7. The van der Waals surface area contributed by atoms with Gasteiger partial charge in [0.2, 0.25) is 6.29 Å². The van der Waals surface area contributed by atoms with Gasteiger partial charge in [0.15, 0.2) is 5.75 Å². The van der Waals surface area contributed by atoms with Crippen LogP contribution in [-0.2, 0) is 14.3 Å². The number of hydrogen-bond acceptors (Lipinski definition) is 6. The molecule has 7 nitrogen and oxygen atoms in total. The smallest absolute Gasteiger partial charge is 0.279 e. The molecule has 0 bridgehead atoms. The zero-order valence-electron chi connectivity index (χ0n) is 16.0. The summed E-state index contributed by atoms with van der Waals surface area (Å²) in [6, 6.07) is 15.7. The van der Waals surface area contributed by atoms with Crippen LogP contribution in [0.5, 0.6) is 11.5 Å². The number of carbonyl (C=O) groups is 1. The van der Waals surface area contributed by atoms with E-state index < -0.39 is 6.29 Å². The molecule has 2 aliphatic rings. The van der Waals surface area contributed by atoms with E-state index in [0.717, 1.165) is 28.6 Å². The van der Waals surface area contributed by atoms with E-state index in [4.69, 9.17) is 19.2 Å². The second kappa shape index (κ2) is 8.00. The fourth-order valence-corrected chi connectivity index (χ4v) is 3.50. The molecule has 0 spiro atoms. The van der Waals surface area contributed by atoms with Crippen molar-refractivity contribution in [2.45, 2.75) is 6.29 Å². The lowest BCUT2D eigenvalue weighted by atomic mass is 10.1. The van der Waals surface area contributed by atoms with Crippen LogP contribution in [-0.4, -0.2) is 68.2 Å². The van der Waals surface area contributed by atoms with E-state index in [1.54, 1.807) is 4.90 Å². The maximum absolute atomic E-state index is 12.5. The van der Waals surface area contributed by atoms with E-state index in [2.05, 4.69) is 4.90 Å². The summed E-state index contributed by atoms with van der Waals surface area (Å²) < 4.78 is 16.3. The number of hydrogen-bond donors (Lipinski definition) is 0. The standard InChI is InChI=1S/C21H23N3O4/c1-26-21(27-2)20(25)24-13-11-23(12-14-24)19-15-7-3-5-9-17(15)28-18-10-6-4-8-16(18)22-19/h3-10,21H,11-14H2,1-2H3. The third kappa shape index (κ3) is 3.46. The Morgan fingerprint density at radius 1 is 0.964 bits per heavy atom. The predicted octanol–water partition coefficient (Wildman–Crippen LogP) is 2.63. The first-order valence-electron chi connectivity index (χ1n) is 9.25. The summed E-state index contributed by atoms with van der Waals surface area (Å²) in [5, 5.41) is 0. The van der Waals surface area contributed by atoms with E-state index in [0.29, 0.717) is 26.2 Å². The van der Waals surface area contributed by atoms with Crippen LogP contribution in [0.4, 0.5) is 5.69 Å². The minimum absolute atomic E-state index is 0.151. The summed E-state index contributed by atoms with van der Waals surface area (Å²) in [6.45, 7) is 2.49. The Balaban J connectivity index is 1.59. The molecule has 0 atom stereocenters. The number of para-hydroxylation sites is 3. The highest BCUT2D eigenvalue weighted by Crippen LogP contribution is 2.37. The number of aliphatic imine (C=N–C) groups is 1. The van der Waals surface area contributed by atoms with Crippen molar-refractivity contribution in [3.05, 3.63) is 54.1 Å². The van der Waals surface area contributed by atoms with Crippen molar-refractivity contribution in [2.75, 3.05) is 40.4 Å². The van der Waals surface area contributed by atoms with Gasteiger partial charge in [-0.2, -0.15) is 0 Å². The average Bonchev–Trinajstić information content (AvgIpc) is 2.91. The van der Waals surface area contributed by atoms with Gasteiger partial charge in [0.25, 0.3) is 5.91 Å². The Kier molecular flexibility index (Phi) is 5.27. The molecule has 0 unspecified atom stereocenters. The Morgan fingerprint density at radius 3 is 2.32 bits per heavy atom. The molecule has 146 valence electrons. The topological polar surface area (TPSA) is 63.6 Å². The number of methoxy groups -OCH3 is 2. The van der Waals surface area contributed by atoms with Crippen LogP contribution in [0.25, 0.3) is 0 Å². The lowest BCUT2D eigenvalue weighted by molar-refractivity contribution is -0.171. The van der Waals surface area contributed by atoms with Gasteiger partial charge in [-0.15, -0.1) is 0 Å². The zero-order valence-corrected chi connectivity index (χ0v) is 16.0. The second-order valence-electron chi connectivity index (χ2n) is 6.62. The Bertz CT molecular complexity index is 887. The molecule has 2 aliphatic heterocycles. The molecule has 4 rings (SSSR count). The van der Waals surface area contributed by atoms with Crippen molar-refractivity contribution in [2.24, 2.45) is 4.99 Å². The van der Waals surface area contributed by atoms with Crippen molar-refractivity contribution in [3.63, 3.8) is 0 Å². The van der Waals surface area contributed by atoms with Gasteiger partial charge in [-0.05, 0) is 24.3 Å². The van der Waals surface area contributed by atoms with Gasteiger partial charge < -0.3 is 24.0 Å². The fraction of sp³-hybridized carbons (Fsp3) is 0.333. The Morgan fingerprint density at radius 2 is 1.61 bits per heavy atom. The van der Waals surface area contributed by atoms with Gasteiger partial charge in [0, 0.05) is 40.4 Å². The molecule has 2 heterocycles. The molecule has 28 heavy (non-hydrogen) atoms. The first-order valence-corrected chi connectivity index (χ1v) is 9.25. The Hall–Kier alpha value is -2.90. The van der Waals surface area contributed by atoms with E-state index in [1.165, 1.54) is 14.2 Å². The van der Waals surface area contributed by atoms with E-state index in [-0.39, 0.29) is 5.91 Å². The predicted molar refractivity (Wildman–Crippen MR) is 105 cm³/mol.